The van der Waals surface area contributed by atoms with Crippen LogP contribution in [-0.2, 0) is 6.61 Å². The van der Waals surface area contributed by atoms with Crippen molar-refractivity contribution in [3.63, 3.8) is 0 Å². The van der Waals surface area contributed by atoms with E-state index >= 15 is 0 Å². The van der Waals surface area contributed by atoms with Crippen LogP contribution in [0.15, 0.2) is 72.6 Å². The fraction of sp³-hybridized carbons (Fsp3) is 0.276. The third kappa shape index (κ3) is 6.13. The summed E-state index contributed by atoms with van der Waals surface area (Å²) in [6, 6.07) is 13.4. The minimum absolute atomic E-state index is 0.187. The third-order valence-electron chi connectivity index (χ3n) is 6.59. The fourth-order valence-electron chi connectivity index (χ4n) is 4.42. The van der Waals surface area contributed by atoms with Gasteiger partial charge in [0.25, 0.3) is 5.91 Å². The summed E-state index contributed by atoms with van der Waals surface area (Å²) in [5.74, 6) is 0.152. The molecular formula is C29H31N7O2S. The zero-order chi connectivity index (χ0) is 27.2. The van der Waals surface area contributed by atoms with E-state index in [0.717, 1.165) is 29.2 Å². The summed E-state index contributed by atoms with van der Waals surface area (Å²) >= 11 is 1.63. The molecule has 0 fully saturated rings. The van der Waals surface area contributed by atoms with Crippen molar-refractivity contribution in [3.8, 4) is 27.7 Å². The summed E-state index contributed by atoms with van der Waals surface area (Å²) in [5.41, 5.74) is 4.15. The van der Waals surface area contributed by atoms with Crippen molar-refractivity contribution in [2.45, 2.75) is 33.4 Å². The first-order valence-corrected chi connectivity index (χ1v) is 13.9. The lowest BCUT2D eigenvalue weighted by Crippen LogP contribution is -2.42. The topological polar surface area (TPSA) is 97.5 Å². The van der Waals surface area contributed by atoms with Gasteiger partial charge in [0.15, 0.2) is 5.65 Å². The highest BCUT2D eigenvalue weighted by atomic mass is 32.1. The van der Waals surface area contributed by atoms with Crippen LogP contribution in [0.25, 0.3) is 27.5 Å². The maximum Gasteiger partial charge on any atom is 0.251 e. The molecule has 0 aromatic carbocycles. The minimum Gasteiger partial charge on any atom is -0.473 e. The van der Waals surface area contributed by atoms with Crippen LogP contribution in [0.1, 0.15) is 36.7 Å². The van der Waals surface area contributed by atoms with Gasteiger partial charge >= 0.3 is 0 Å². The third-order valence-corrected chi connectivity index (χ3v) is 7.48. The van der Waals surface area contributed by atoms with E-state index in [4.69, 9.17) is 14.7 Å². The second-order valence-electron chi connectivity index (χ2n) is 9.13. The number of nitrogens with one attached hydrogen (secondary N) is 1. The highest BCUT2D eigenvalue weighted by Gasteiger charge is 2.18. The molecule has 0 saturated heterocycles. The lowest BCUT2D eigenvalue weighted by atomic mass is 10.1. The molecule has 9 nitrogen and oxygen atoms in total. The number of carbonyl (C=O) groups is 1. The fourth-order valence-corrected chi connectivity index (χ4v) is 5.11. The molecule has 0 radical (unpaired) electrons. The van der Waals surface area contributed by atoms with E-state index in [1.54, 1.807) is 46.6 Å². The zero-order valence-corrected chi connectivity index (χ0v) is 23.1. The Morgan fingerprint density at radius 2 is 1.97 bits per heavy atom. The number of fused-ring (bicyclic) bond motifs is 1. The van der Waals surface area contributed by atoms with Crippen LogP contribution >= 0.6 is 11.3 Å². The Morgan fingerprint density at radius 3 is 2.72 bits per heavy atom. The van der Waals surface area contributed by atoms with Gasteiger partial charge in [-0.3, -0.25) is 14.7 Å². The molecule has 5 heterocycles. The maximum atomic E-state index is 13.3. The molecule has 1 N–H and O–H groups in total. The molecule has 0 spiro atoms. The summed E-state index contributed by atoms with van der Waals surface area (Å²) < 4.78 is 7.74. The highest BCUT2D eigenvalue weighted by Crippen LogP contribution is 2.29. The van der Waals surface area contributed by atoms with Gasteiger partial charge in [-0.15, -0.1) is 11.3 Å². The van der Waals surface area contributed by atoms with Gasteiger partial charge in [0.2, 0.25) is 5.88 Å². The van der Waals surface area contributed by atoms with E-state index in [-0.39, 0.29) is 18.6 Å². The summed E-state index contributed by atoms with van der Waals surface area (Å²) in [5, 5.41) is 9.58. The maximum absolute atomic E-state index is 13.3. The van der Waals surface area contributed by atoms with Gasteiger partial charge in [0, 0.05) is 48.4 Å². The van der Waals surface area contributed by atoms with Gasteiger partial charge in [-0.25, -0.2) is 14.5 Å². The van der Waals surface area contributed by atoms with Crippen LogP contribution < -0.4 is 10.1 Å². The van der Waals surface area contributed by atoms with E-state index < -0.39 is 0 Å². The largest absolute Gasteiger partial charge is 0.473 e. The number of ether oxygens (including phenoxy) is 1. The zero-order valence-electron chi connectivity index (χ0n) is 22.2. The number of rotatable bonds is 11. The van der Waals surface area contributed by atoms with Gasteiger partial charge in [-0.1, -0.05) is 26.0 Å². The molecule has 1 unspecified atom stereocenters. The van der Waals surface area contributed by atoms with Gasteiger partial charge in [0.05, 0.1) is 28.0 Å². The van der Waals surface area contributed by atoms with Crippen molar-refractivity contribution in [3.05, 3.63) is 83.8 Å². The van der Waals surface area contributed by atoms with Crippen LogP contribution in [0.2, 0.25) is 0 Å². The van der Waals surface area contributed by atoms with Crippen molar-refractivity contribution < 1.29 is 9.53 Å². The normalized spacial score (nSPS) is 12.1. The van der Waals surface area contributed by atoms with E-state index in [0.29, 0.717) is 34.9 Å². The second-order valence-corrected chi connectivity index (χ2v) is 10.1. The SMILES string of the molecule is CCN(CC)C(C)CNC(=O)c1cc(OCc2cccnc2)nc(-c2cnn3ccc(-c4cccs4)nc23)c1. The molecule has 200 valence electrons. The number of thiophene rings is 1. The average molecular weight is 542 g/mol. The van der Waals surface area contributed by atoms with Crippen molar-refractivity contribution >= 4 is 22.9 Å². The first-order valence-electron chi connectivity index (χ1n) is 13.0. The highest BCUT2D eigenvalue weighted by molar-refractivity contribution is 7.13. The Hall–Kier alpha value is -4.15. The number of amides is 1. The Balaban J connectivity index is 1.48. The number of aromatic nitrogens is 5. The van der Waals surface area contributed by atoms with Crippen molar-refractivity contribution in [2.24, 2.45) is 0 Å². The van der Waals surface area contributed by atoms with Crippen LogP contribution in [0.5, 0.6) is 5.88 Å². The molecule has 0 aliphatic heterocycles. The quantitative estimate of drug-likeness (QED) is 0.253. The molecule has 0 saturated carbocycles. The van der Waals surface area contributed by atoms with Crippen LogP contribution in [0, 0.1) is 0 Å². The lowest BCUT2D eigenvalue weighted by molar-refractivity contribution is 0.0937. The van der Waals surface area contributed by atoms with E-state index in [9.17, 15) is 4.79 Å². The monoisotopic (exact) mass is 541 g/mol. The predicted octanol–water partition coefficient (Wildman–Crippen LogP) is 4.95. The molecule has 1 atom stereocenters. The molecule has 5 aromatic heterocycles. The summed E-state index contributed by atoms with van der Waals surface area (Å²) in [4.78, 5) is 30.4. The Bertz CT molecular complexity index is 1530. The standard InChI is InChI=1S/C29H31N7O2S/c1-4-35(5-2)20(3)16-31-29(37)22-14-25(33-27(15-22)38-19-21-8-6-11-30-17-21)23-18-32-36-12-10-24(34-28(23)36)26-9-7-13-39-26/h6-15,17-18,20H,4-5,16,19H2,1-3H3,(H,31,37). The van der Waals surface area contributed by atoms with Crippen molar-refractivity contribution in [1.82, 2.24) is 34.8 Å². The van der Waals surface area contributed by atoms with Gasteiger partial charge < -0.3 is 10.1 Å². The molecule has 5 aromatic rings. The number of likely N-dealkylation sites (N-methyl/N-ethyl adjacent to an activating group) is 1. The summed E-state index contributed by atoms with van der Waals surface area (Å²) in [6.07, 6.45) is 7.06. The molecule has 5 rings (SSSR count). The minimum atomic E-state index is -0.187. The van der Waals surface area contributed by atoms with Crippen molar-refractivity contribution in [1.29, 1.82) is 0 Å². The molecule has 0 bridgehead atoms. The first-order chi connectivity index (χ1) is 19.1. The number of hydrogen-bond acceptors (Lipinski definition) is 8. The number of nitrogens with zero attached hydrogens (tertiary/aromatic N) is 6. The van der Waals surface area contributed by atoms with Gasteiger partial charge in [0.1, 0.15) is 6.61 Å². The first kappa shape index (κ1) is 26.5. The predicted molar refractivity (Wildman–Crippen MR) is 153 cm³/mol. The number of carbonyl (C=O) groups excluding carboxylic acids is 1. The average Bonchev–Trinajstić information content (AvgIpc) is 3.66. The van der Waals surface area contributed by atoms with Crippen LogP contribution in [0.3, 0.4) is 0 Å². The molecule has 0 aliphatic rings. The van der Waals surface area contributed by atoms with E-state index in [2.05, 4.69) is 41.1 Å². The van der Waals surface area contributed by atoms with E-state index in [1.165, 1.54) is 0 Å². The Morgan fingerprint density at radius 1 is 1.10 bits per heavy atom. The Labute approximate surface area is 231 Å². The van der Waals surface area contributed by atoms with Gasteiger partial charge in [-0.05, 0) is 49.7 Å². The number of hydrogen-bond donors (Lipinski definition) is 1. The molecule has 39 heavy (non-hydrogen) atoms. The number of pyridine rings is 2. The molecular weight excluding hydrogens is 510 g/mol. The van der Waals surface area contributed by atoms with Gasteiger partial charge in [-0.2, -0.15) is 5.10 Å². The lowest BCUT2D eigenvalue weighted by Gasteiger charge is -2.26. The van der Waals surface area contributed by atoms with E-state index in [1.807, 2.05) is 41.9 Å². The molecule has 0 aliphatic carbocycles. The second kappa shape index (κ2) is 12.1. The van der Waals surface area contributed by atoms with Crippen molar-refractivity contribution in [2.75, 3.05) is 19.6 Å². The smallest absolute Gasteiger partial charge is 0.251 e. The molecule has 10 heteroatoms. The summed E-state index contributed by atoms with van der Waals surface area (Å²) in [6.45, 7) is 9.02. The Kier molecular flexibility index (Phi) is 8.24. The molecule has 1 amide bonds. The van der Waals surface area contributed by atoms with Crippen LogP contribution in [0.4, 0.5) is 0 Å². The summed E-state index contributed by atoms with van der Waals surface area (Å²) in [7, 11) is 0. The van der Waals surface area contributed by atoms with Crippen LogP contribution in [-0.4, -0.2) is 61.0 Å².